The lowest BCUT2D eigenvalue weighted by molar-refractivity contribution is 0.415. The van der Waals surface area contributed by atoms with Crippen LogP contribution in [0.3, 0.4) is 0 Å². The molecule has 1 aromatic carbocycles. The van der Waals surface area contributed by atoms with Gasteiger partial charge >= 0.3 is 0 Å². The summed E-state index contributed by atoms with van der Waals surface area (Å²) >= 11 is 6.20. The van der Waals surface area contributed by atoms with Crippen LogP contribution in [0, 0.1) is 6.92 Å². The molecule has 0 atom stereocenters. The maximum atomic E-state index is 6.20. The molecule has 7 heteroatoms. The molecule has 1 aliphatic heterocycles. The molecule has 0 radical (unpaired) electrons. The standard InChI is InChI=1S/C20H20ClN5O/c1-13-15(23-16-6-5-14(27-2)11-17(16)22-13)7-8-19-24-18(21)12-20(25-19)26-9-3-4-10-26/h5-8,11-12H,3-4,9-10H2,1-2H3/b8-7+. The average Bonchev–Trinajstić information content (AvgIpc) is 3.20. The van der Waals surface area contributed by atoms with Gasteiger partial charge in [0.15, 0.2) is 5.82 Å². The summed E-state index contributed by atoms with van der Waals surface area (Å²) in [7, 11) is 1.64. The quantitative estimate of drug-likeness (QED) is 0.632. The molecule has 0 N–H and O–H groups in total. The van der Waals surface area contributed by atoms with Crippen LogP contribution in [0.2, 0.25) is 5.15 Å². The van der Waals surface area contributed by atoms with Crippen molar-refractivity contribution in [3.8, 4) is 5.75 Å². The van der Waals surface area contributed by atoms with Gasteiger partial charge in [0, 0.05) is 25.2 Å². The highest BCUT2D eigenvalue weighted by Crippen LogP contribution is 2.22. The molecule has 3 heterocycles. The molecule has 0 saturated carbocycles. The molecular weight excluding hydrogens is 362 g/mol. The summed E-state index contributed by atoms with van der Waals surface area (Å²) < 4.78 is 5.25. The van der Waals surface area contributed by atoms with Crippen molar-refractivity contribution >= 4 is 40.6 Å². The number of fused-ring (bicyclic) bond motifs is 1. The molecule has 0 bridgehead atoms. The van der Waals surface area contributed by atoms with Crippen molar-refractivity contribution in [1.82, 2.24) is 19.9 Å². The normalized spacial score (nSPS) is 14.4. The van der Waals surface area contributed by atoms with E-state index in [1.54, 1.807) is 7.11 Å². The number of rotatable bonds is 4. The lowest BCUT2D eigenvalue weighted by atomic mass is 10.2. The van der Waals surface area contributed by atoms with E-state index in [0.717, 1.165) is 47.1 Å². The monoisotopic (exact) mass is 381 g/mol. The Kier molecular flexibility index (Phi) is 4.90. The maximum absolute atomic E-state index is 6.20. The predicted molar refractivity (Wildman–Crippen MR) is 108 cm³/mol. The smallest absolute Gasteiger partial charge is 0.156 e. The lowest BCUT2D eigenvalue weighted by Gasteiger charge is -2.16. The fraction of sp³-hybridized carbons (Fsp3) is 0.300. The Morgan fingerprint density at radius 1 is 1.00 bits per heavy atom. The Morgan fingerprint density at radius 3 is 2.59 bits per heavy atom. The van der Waals surface area contributed by atoms with Crippen LogP contribution in [0.5, 0.6) is 5.75 Å². The van der Waals surface area contributed by atoms with Crippen LogP contribution in [0.25, 0.3) is 23.2 Å². The van der Waals surface area contributed by atoms with Gasteiger partial charge in [0.05, 0.1) is 29.5 Å². The van der Waals surface area contributed by atoms with Gasteiger partial charge < -0.3 is 9.64 Å². The highest BCUT2D eigenvalue weighted by Gasteiger charge is 2.15. The summed E-state index contributed by atoms with van der Waals surface area (Å²) in [6.45, 7) is 3.95. The maximum Gasteiger partial charge on any atom is 0.156 e. The summed E-state index contributed by atoms with van der Waals surface area (Å²) in [4.78, 5) is 20.5. The fourth-order valence-electron chi connectivity index (χ4n) is 3.18. The molecule has 0 amide bonds. The minimum absolute atomic E-state index is 0.444. The molecule has 2 aromatic heterocycles. The Hall–Kier alpha value is -2.73. The third-order valence-electron chi connectivity index (χ3n) is 4.60. The van der Waals surface area contributed by atoms with E-state index >= 15 is 0 Å². The molecule has 138 valence electrons. The van der Waals surface area contributed by atoms with E-state index in [4.69, 9.17) is 16.3 Å². The van der Waals surface area contributed by atoms with Gasteiger partial charge in [-0.2, -0.15) is 0 Å². The van der Waals surface area contributed by atoms with Gasteiger partial charge in [0.2, 0.25) is 0 Å². The first-order chi connectivity index (χ1) is 13.1. The van der Waals surface area contributed by atoms with Crippen LogP contribution in [0.1, 0.15) is 30.1 Å². The molecule has 0 spiro atoms. The number of halogens is 1. The molecule has 6 nitrogen and oxygen atoms in total. The van der Waals surface area contributed by atoms with Crippen molar-refractivity contribution < 1.29 is 4.74 Å². The van der Waals surface area contributed by atoms with Gasteiger partial charge in [-0.25, -0.2) is 19.9 Å². The number of hydrogen-bond acceptors (Lipinski definition) is 6. The molecule has 0 aliphatic carbocycles. The number of nitrogens with zero attached hydrogens (tertiary/aromatic N) is 5. The fourth-order valence-corrected chi connectivity index (χ4v) is 3.36. The number of methoxy groups -OCH3 is 1. The van der Waals surface area contributed by atoms with Crippen LogP contribution < -0.4 is 9.64 Å². The SMILES string of the molecule is COc1ccc2nc(/C=C/c3nc(Cl)cc(N4CCCC4)n3)c(C)nc2c1. The number of benzene rings is 1. The molecule has 1 fully saturated rings. The molecule has 0 unspecified atom stereocenters. The topological polar surface area (TPSA) is 64.0 Å². The van der Waals surface area contributed by atoms with Crippen LogP contribution in [-0.2, 0) is 0 Å². The van der Waals surface area contributed by atoms with E-state index in [1.165, 1.54) is 12.8 Å². The van der Waals surface area contributed by atoms with E-state index < -0.39 is 0 Å². The van der Waals surface area contributed by atoms with Crippen molar-refractivity contribution in [1.29, 1.82) is 0 Å². The summed E-state index contributed by atoms with van der Waals surface area (Å²) in [5.41, 5.74) is 3.22. The Morgan fingerprint density at radius 2 is 1.81 bits per heavy atom. The van der Waals surface area contributed by atoms with Crippen LogP contribution >= 0.6 is 11.6 Å². The van der Waals surface area contributed by atoms with Crippen LogP contribution in [-0.4, -0.2) is 40.1 Å². The number of anilines is 1. The minimum Gasteiger partial charge on any atom is -0.497 e. The summed E-state index contributed by atoms with van der Waals surface area (Å²) in [6.07, 6.45) is 6.08. The van der Waals surface area contributed by atoms with Crippen molar-refractivity contribution in [3.05, 3.63) is 46.6 Å². The summed E-state index contributed by atoms with van der Waals surface area (Å²) in [5.74, 6) is 2.21. The van der Waals surface area contributed by atoms with E-state index in [-0.39, 0.29) is 0 Å². The van der Waals surface area contributed by atoms with Crippen molar-refractivity contribution in [2.45, 2.75) is 19.8 Å². The van der Waals surface area contributed by atoms with Gasteiger partial charge in [-0.3, -0.25) is 0 Å². The van der Waals surface area contributed by atoms with E-state index in [2.05, 4.69) is 24.8 Å². The van der Waals surface area contributed by atoms with Crippen LogP contribution in [0.15, 0.2) is 24.3 Å². The first kappa shape index (κ1) is 17.7. The molecule has 4 rings (SSSR count). The number of aryl methyl sites for hydroxylation is 1. The second-order valence-electron chi connectivity index (χ2n) is 6.48. The molecule has 1 aliphatic rings. The Bertz CT molecular complexity index is 1010. The second-order valence-corrected chi connectivity index (χ2v) is 6.87. The first-order valence-corrected chi connectivity index (χ1v) is 9.30. The highest BCUT2D eigenvalue weighted by atomic mass is 35.5. The van der Waals surface area contributed by atoms with E-state index in [9.17, 15) is 0 Å². The average molecular weight is 382 g/mol. The number of ether oxygens (including phenoxy) is 1. The largest absolute Gasteiger partial charge is 0.497 e. The first-order valence-electron chi connectivity index (χ1n) is 8.92. The van der Waals surface area contributed by atoms with Gasteiger partial charge in [-0.15, -0.1) is 0 Å². The minimum atomic E-state index is 0.444. The third-order valence-corrected chi connectivity index (χ3v) is 4.79. The van der Waals surface area contributed by atoms with Gasteiger partial charge in [0.25, 0.3) is 0 Å². The lowest BCUT2D eigenvalue weighted by Crippen LogP contribution is -2.19. The molecular formula is C20H20ClN5O. The van der Waals surface area contributed by atoms with Gasteiger partial charge in [0.1, 0.15) is 16.7 Å². The van der Waals surface area contributed by atoms with E-state index in [1.807, 2.05) is 43.3 Å². The zero-order chi connectivity index (χ0) is 18.8. The third kappa shape index (κ3) is 3.85. The second kappa shape index (κ2) is 7.48. The zero-order valence-electron chi connectivity index (χ0n) is 15.3. The summed E-state index contributed by atoms with van der Waals surface area (Å²) in [6, 6.07) is 7.48. The number of hydrogen-bond donors (Lipinski definition) is 0. The summed E-state index contributed by atoms with van der Waals surface area (Å²) in [5, 5.41) is 0.444. The van der Waals surface area contributed by atoms with Gasteiger partial charge in [-0.1, -0.05) is 11.6 Å². The molecule has 1 saturated heterocycles. The van der Waals surface area contributed by atoms with Crippen LogP contribution in [0.4, 0.5) is 5.82 Å². The van der Waals surface area contributed by atoms with Crippen molar-refractivity contribution in [3.63, 3.8) is 0 Å². The number of aromatic nitrogens is 4. The predicted octanol–water partition coefficient (Wildman–Crippen LogP) is 4.16. The Balaban J connectivity index is 1.65. The molecule has 3 aromatic rings. The molecule has 27 heavy (non-hydrogen) atoms. The zero-order valence-corrected chi connectivity index (χ0v) is 16.1. The Labute approximate surface area is 162 Å². The highest BCUT2D eigenvalue weighted by molar-refractivity contribution is 6.29. The van der Waals surface area contributed by atoms with Crippen molar-refractivity contribution in [2.24, 2.45) is 0 Å². The van der Waals surface area contributed by atoms with Gasteiger partial charge in [-0.05, 0) is 44.1 Å². The van der Waals surface area contributed by atoms with Crippen molar-refractivity contribution in [2.75, 3.05) is 25.1 Å². The van der Waals surface area contributed by atoms with E-state index in [0.29, 0.717) is 11.0 Å².